The highest BCUT2D eigenvalue weighted by Gasteiger charge is 2.48. The number of amides is 4. The first-order valence-electron chi connectivity index (χ1n) is 5.50. The number of nitrogens with one attached hydrogen (secondary N) is 1. The number of rotatable bonds is 1. The van der Waals surface area contributed by atoms with E-state index in [-0.39, 0.29) is 15.7 Å². The highest BCUT2D eigenvalue weighted by molar-refractivity contribution is 6.43. The van der Waals surface area contributed by atoms with Crippen LogP contribution in [0.1, 0.15) is 13.8 Å². The van der Waals surface area contributed by atoms with Crippen LogP contribution in [0.15, 0.2) is 12.1 Å². The molecule has 0 saturated carbocycles. The Morgan fingerprint density at radius 2 is 1.65 bits per heavy atom. The number of hydrogen-bond donors (Lipinski definition) is 1. The fraction of sp³-hybridized carbons (Fsp3) is 0.250. The number of hydrogen-bond acceptors (Lipinski definition) is 3. The predicted molar refractivity (Wildman–Crippen MR) is 71.2 cm³/mol. The molecular formula is C12H9Cl2FN2O3. The Bertz CT molecular complexity index is 623. The van der Waals surface area contributed by atoms with E-state index in [0.29, 0.717) is 4.90 Å². The Kier molecular flexibility index (Phi) is 3.47. The molecule has 5 nitrogen and oxygen atoms in total. The molecule has 1 aromatic carbocycles. The highest BCUT2D eigenvalue weighted by atomic mass is 35.5. The zero-order chi connectivity index (χ0) is 15.2. The van der Waals surface area contributed by atoms with Gasteiger partial charge in [0.15, 0.2) is 0 Å². The minimum atomic E-state index is -1.46. The van der Waals surface area contributed by atoms with Gasteiger partial charge in [-0.05, 0) is 26.0 Å². The van der Waals surface area contributed by atoms with Crippen molar-refractivity contribution in [2.75, 3.05) is 4.90 Å². The zero-order valence-corrected chi connectivity index (χ0v) is 12.0. The molecule has 0 atom stereocenters. The average Bonchev–Trinajstić information content (AvgIpc) is 2.30. The van der Waals surface area contributed by atoms with Crippen molar-refractivity contribution in [2.24, 2.45) is 5.41 Å². The number of benzene rings is 1. The number of imide groups is 2. The number of anilines is 1. The molecule has 0 spiro atoms. The van der Waals surface area contributed by atoms with Gasteiger partial charge < -0.3 is 0 Å². The van der Waals surface area contributed by atoms with Crippen LogP contribution in [-0.4, -0.2) is 17.8 Å². The topological polar surface area (TPSA) is 66.5 Å². The number of halogens is 3. The van der Waals surface area contributed by atoms with E-state index in [1.165, 1.54) is 13.8 Å². The fourth-order valence-electron chi connectivity index (χ4n) is 1.73. The summed E-state index contributed by atoms with van der Waals surface area (Å²) in [5, 5.41) is 1.62. The molecule has 1 aliphatic heterocycles. The second kappa shape index (κ2) is 4.71. The molecular weight excluding hydrogens is 310 g/mol. The van der Waals surface area contributed by atoms with Crippen molar-refractivity contribution in [3.63, 3.8) is 0 Å². The summed E-state index contributed by atoms with van der Waals surface area (Å²) in [6.45, 7) is 2.71. The van der Waals surface area contributed by atoms with Crippen LogP contribution >= 0.6 is 23.2 Å². The Morgan fingerprint density at radius 1 is 1.15 bits per heavy atom. The highest BCUT2D eigenvalue weighted by Crippen LogP contribution is 2.38. The predicted octanol–water partition coefficient (Wildman–Crippen LogP) is 2.74. The van der Waals surface area contributed by atoms with Crippen LogP contribution in [-0.2, 0) is 9.59 Å². The van der Waals surface area contributed by atoms with E-state index >= 15 is 0 Å². The van der Waals surface area contributed by atoms with E-state index in [0.717, 1.165) is 12.1 Å². The summed E-state index contributed by atoms with van der Waals surface area (Å²) in [5.41, 5.74) is -1.62. The molecule has 0 unspecified atom stereocenters. The molecule has 1 fully saturated rings. The Hall–Kier alpha value is -1.66. The maximum absolute atomic E-state index is 13.2. The minimum absolute atomic E-state index is 0.155. The molecule has 1 heterocycles. The van der Waals surface area contributed by atoms with Gasteiger partial charge in [-0.3, -0.25) is 14.9 Å². The van der Waals surface area contributed by atoms with Gasteiger partial charge in [0.05, 0.1) is 15.7 Å². The fourth-order valence-corrected chi connectivity index (χ4v) is 2.36. The van der Waals surface area contributed by atoms with Gasteiger partial charge in [-0.2, -0.15) is 0 Å². The summed E-state index contributed by atoms with van der Waals surface area (Å²) in [7, 11) is 0. The number of barbiturate groups is 1. The number of carbonyl (C=O) groups excluding carboxylic acids is 3. The van der Waals surface area contributed by atoms with Gasteiger partial charge in [0.25, 0.3) is 0 Å². The molecule has 0 aromatic heterocycles. The van der Waals surface area contributed by atoms with Crippen LogP contribution in [0.4, 0.5) is 14.9 Å². The van der Waals surface area contributed by atoms with Crippen LogP contribution in [0.2, 0.25) is 10.0 Å². The van der Waals surface area contributed by atoms with Gasteiger partial charge in [0.1, 0.15) is 11.2 Å². The Morgan fingerprint density at radius 3 is 2.15 bits per heavy atom. The SMILES string of the molecule is CC1(C)C(=O)NC(=O)N(c2c(Cl)cc(F)cc2Cl)C1=O. The standard InChI is InChI=1S/C12H9Cl2FN2O3/c1-12(2)9(18)16-11(20)17(10(12)19)8-6(13)3-5(15)4-7(8)14/h3-4H,1-2H3,(H,16,18,20). The Labute approximate surface area is 123 Å². The lowest BCUT2D eigenvalue weighted by Crippen LogP contribution is -2.62. The molecule has 2 rings (SSSR count). The lowest BCUT2D eigenvalue weighted by atomic mass is 9.88. The van der Waals surface area contributed by atoms with Crippen molar-refractivity contribution in [1.82, 2.24) is 5.32 Å². The lowest BCUT2D eigenvalue weighted by molar-refractivity contribution is -0.140. The molecule has 1 aromatic rings. The van der Waals surface area contributed by atoms with E-state index in [1.54, 1.807) is 0 Å². The maximum Gasteiger partial charge on any atom is 0.335 e. The molecule has 1 N–H and O–H groups in total. The average molecular weight is 319 g/mol. The van der Waals surface area contributed by atoms with Crippen LogP contribution in [0.5, 0.6) is 0 Å². The largest absolute Gasteiger partial charge is 0.335 e. The van der Waals surface area contributed by atoms with Crippen molar-refractivity contribution in [2.45, 2.75) is 13.8 Å². The maximum atomic E-state index is 13.2. The first kappa shape index (κ1) is 14.7. The summed E-state index contributed by atoms with van der Waals surface area (Å²) < 4.78 is 13.2. The summed E-state index contributed by atoms with van der Waals surface area (Å²) in [4.78, 5) is 36.4. The number of nitrogens with zero attached hydrogens (tertiary/aromatic N) is 1. The van der Waals surface area contributed by atoms with E-state index < -0.39 is 29.1 Å². The van der Waals surface area contributed by atoms with Gasteiger partial charge in [0, 0.05) is 0 Å². The first-order valence-corrected chi connectivity index (χ1v) is 6.26. The van der Waals surface area contributed by atoms with Gasteiger partial charge in [-0.15, -0.1) is 0 Å². The van der Waals surface area contributed by atoms with Crippen molar-refractivity contribution in [3.8, 4) is 0 Å². The third kappa shape index (κ3) is 2.14. The monoisotopic (exact) mass is 318 g/mol. The van der Waals surface area contributed by atoms with Crippen LogP contribution in [0.25, 0.3) is 0 Å². The van der Waals surface area contributed by atoms with E-state index in [2.05, 4.69) is 0 Å². The van der Waals surface area contributed by atoms with Crippen molar-refractivity contribution in [1.29, 1.82) is 0 Å². The first-order chi connectivity index (χ1) is 9.16. The summed E-state index contributed by atoms with van der Waals surface area (Å²) in [6, 6.07) is 0.870. The van der Waals surface area contributed by atoms with E-state index in [1.807, 2.05) is 5.32 Å². The van der Waals surface area contributed by atoms with Crippen molar-refractivity contribution in [3.05, 3.63) is 28.0 Å². The number of urea groups is 1. The molecule has 4 amide bonds. The minimum Gasteiger partial charge on any atom is -0.276 e. The lowest BCUT2D eigenvalue weighted by Gasteiger charge is -2.35. The smallest absolute Gasteiger partial charge is 0.276 e. The third-order valence-electron chi connectivity index (χ3n) is 2.93. The molecule has 0 radical (unpaired) electrons. The van der Waals surface area contributed by atoms with Crippen LogP contribution < -0.4 is 10.2 Å². The third-order valence-corrected chi connectivity index (χ3v) is 3.51. The summed E-state index contributed by atoms with van der Waals surface area (Å²) in [6.07, 6.45) is 0. The zero-order valence-electron chi connectivity index (χ0n) is 10.5. The molecule has 1 saturated heterocycles. The molecule has 0 aliphatic carbocycles. The summed E-state index contributed by atoms with van der Waals surface area (Å²) >= 11 is 11.7. The van der Waals surface area contributed by atoms with E-state index in [9.17, 15) is 18.8 Å². The van der Waals surface area contributed by atoms with Crippen molar-refractivity contribution < 1.29 is 18.8 Å². The van der Waals surface area contributed by atoms with E-state index in [4.69, 9.17) is 23.2 Å². The normalized spacial score (nSPS) is 18.2. The van der Waals surface area contributed by atoms with Crippen LogP contribution in [0, 0.1) is 11.2 Å². The van der Waals surface area contributed by atoms with Gasteiger partial charge >= 0.3 is 6.03 Å². The van der Waals surface area contributed by atoms with Gasteiger partial charge in [-0.25, -0.2) is 14.1 Å². The number of carbonyl (C=O) groups is 3. The molecule has 1 aliphatic rings. The molecule has 0 bridgehead atoms. The van der Waals surface area contributed by atoms with Gasteiger partial charge in [-0.1, -0.05) is 23.2 Å². The molecule has 8 heteroatoms. The molecule has 20 heavy (non-hydrogen) atoms. The second-order valence-corrected chi connectivity index (χ2v) is 5.56. The summed E-state index contributed by atoms with van der Waals surface area (Å²) in [5.74, 6) is -2.22. The van der Waals surface area contributed by atoms with Crippen LogP contribution in [0.3, 0.4) is 0 Å². The second-order valence-electron chi connectivity index (χ2n) is 4.74. The van der Waals surface area contributed by atoms with Crippen molar-refractivity contribution >= 4 is 46.7 Å². The van der Waals surface area contributed by atoms with Gasteiger partial charge in [0.2, 0.25) is 11.8 Å². The molecule has 106 valence electrons. The Balaban J connectivity index is 2.60. The quantitative estimate of drug-likeness (QED) is 0.810.